The minimum Gasteiger partial charge on any atom is -0.352 e. The normalized spacial score (nSPS) is 26.2. The summed E-state index contributed by atoms with van der Waals surface area (Å²) in [5.74, 6) is 1.44. The monoisotopic (exact) mass is 295 g/mol. The zero-order valence-electron chi connectivity index (χ0n) is 12.1. The molecular weight excluding hydrogens is 273 g/mol. The Hall–Kier alpha value is -1.03. The van der Waals surface area contributed by atoms with Gasteiger partial charge in [-0.3, -0.25) is 4.79 Å². The molecule has 1 fully saturated rings. The lowest BCUT2D eigenvalue weighted by Crippen LogP contribution is -2.44. The molecule has 0 spiro atoms. The van der Waals surface area contributed by atoms with Crippen LogP contribution in [0.15, 0.2) is 29.2 Å². The molecule has 0 heterocycles. The van der Waals surface area contributed by atoms with Crippen LogP contribution in [0, 0.1) is 17.7 Å². The summed E-state index contributed by atoms with van der Waals surface area (Å²) < 4.78 is 12.8. The molecule has 0 saturated heterocycles. The molecule has 1 aliphatic carbocycles. The average Bonchev–Trinajstić information content (AvgIpc) is 2.43. The highest BCUT2D eigenvalue weighted by Crippen LogP contribution is 2.29. The van der Waals surface area contributed by atoms with E-state index in [1.807, 2.05) is 0 Å². The maximum absolute atomic E-state index is 12.8. The first-order valence-corrected chi connectivity index (χ1v) is 8.22. The second kappa shape index (κ2) is 7.11. The van der Waals surface area contributed by atoms with Crippen LogP contribution in [0.1, 0.15) is 33.1 Å². The Bertz CT molecular complexity index is 448. The molecule has 3 atom stereocenters. The van der Waals surface area contributed by atoms with Gasteiger partial charge in [0.05, 0.1) is 5.75 Å². The highest BCUT2D eigenvalue weighted by molar-refractivity contribution is 8.00. The van der Waals surface area contributed by atoms with E-state index in [0.717, 1.165) is 11.3 Å². The fourth-order valence-corrected chi connectivity index (χ4v) is 3.42. The highest BCUT2D eigenvalue weighted by atomic mass is 32.2. The van der Waals surface area contributed by atoms with Gasteiger partial charge in [0.2, 0.25) is 5.91 Å². The van der Waals surface area contributed by atoms with Gasteiger partial charge in [-0.15, -0.1) is 11.8 Å². The summed E-state index contributed by atoms with van der Waals surface area (Å²) >= 11 is 1.45. The summed E-state index contributed by atoms with van der Waals surface area (Å²) in [4.78, 5) is 12.9. The molecule has 110 valence electrons. The summed E-state index contributed by atoms with van der Waals surface area (Å²) in [5.41, 5.74) is 0. The number of hydrogen-bond acceptors (Lipinski definition) is 2. The summed E-state index contributed by atoms with van der Waals surface area (Å²) in [7, 11) is 0. The Morgan fingerprint density at radius 3 is 2.70 bits per heavy atom. The number of carbonyl (C=O) groups excluding carboxylic acids is 1. The molecule has 1 aromatic rings. The van der Waals surface area contributed by atoms with Gasteiger partial charge in [0.1, 0.15) is 5.82 Å². The van der Waals surface area contributed by atoms with E-state index < -0.39 is 0 Å². The van der Waals surface area contributed by atoms with Crippen molar-refractivity contribution in [3.8, 4) is 0 Å². The lowest BCUT2D eigenvalue weighted by molar-refractivity contribution is -0.119. The van der Waals surface area contributed by atoms with Gasteiger partial charge in [-0.2, -0.15) is 0 Å². The smallest absolute Gasteiger partial charge is 0.230 e. The Kier molecular flexibility index (Phi) is 5.46. The summed E-state index contributed by atoms with van der Waals surface area (Å²) in [6.07, 6.45) is 3.54. The number of rotatable bonds is 4. The maximum Gasteiger partial charge on any atom is 0.230 e. The number of carbonyl (C=O) groups is 1. The second-order valence-corrected chi connectivity index (χ2v) is 6.73. The van der Waals surface area contributed by atoms with Crippen LogP contribution in [0.4, 0.5) is 4.39 Å². The number of nitrogens with one attached hydrogen (secondary N) is 1. The van der Waals surface area contributed by atoms with Crippen LogP contribution in [0.5, 0.6) is 0 Å². The van der Waals surface area contributed by atoms with E-state index in [1.165, 1.54) is 36.7 Å². The predicted octanol–water partition coefficient (Wildman–Crippen LogP) is 3.86. The molecule has 0 aromatic heterocycles. The van der Waals surface area contributed by atoms with Crippen molar-refractivity contribution in [3.63, 3.8) is 0 Å². The van der Waals surface area contributed by atoms with Crippen molar-refractivity contribution in [2.45, 2.75) is 44.0 Å². The number of benzene rings is 1. The zero-order valence-corrected chi connectivity index (χ0v) is 12.9. The molecule has 2 rings (SSSR count). The van der Waals surface area contributed by atoms with Gasteiger partial charge in [-0.25, -0.2) is 4.39 Å². The fourth-order valence-electron chi connectivity index (χ4n) is 2.71. The first kappa shape index (κ1) is 15.4. The third kappa shape index (κ3) is 4.23. The molecule has 4 heteroatoms. The SMILES string of the molecule is C[C@@H]1[C@@H](C)CCC[C@H]1NC(=O)CSc1ccc(F)cc1. The van der Waals surface area contributed by atoms with Crippen molar-refractivity contribution in [2.75, 3.05) is 5.75 Å². The van der Waals surface area contributed by atoms with Crippen molar-refractivity contribution in [1.82, 2.24) is 5.32 Å². The maximum atomic E-state index is 12.8. The molecule has 0 aliphatic heterocycles. The van der Waals surface area contributed by atoms with Gasteiger partial charge < -0.3 is 5.32 Å². The molecule has 1 amide bonds. The topological polar surface area (TPSA) is 29.1 Å². The predicted molar refractivity (Wildman–Crippen MR) is 81.2 cm³/mol. The van der Waals surface area contributed by atoms with Crippen LogP contribution in [-0.2, 0) is 4.79 Å². The number of hydrogen-bond donors (Lipinski definition) is 1. The number of amides is 1. The van der Waals surface area contributed by atoms with E-state index in [1.54, 1.807) is 12.1 Å². The van der Waals surface area contributed by atoms with E-state index in [-0.39, 0.29) is 11.7 Å². The van der Waals surface area contributed by atoms with Crippen molar-refractivity contribution in [2.24, 2.45) is 11.8 Å². The van der Waals surface area contributed by atoms with Gasteiger partial charge in [0.15, 0.2) is 0 Å². The minimum atomic E-state index is -0.246. The van der Waals surface area contributed by atoms with E-state index in [2.05, 4.69) is 19.2 Å². The molecule has 0 bridgehead atoms. The number of halogens is 1. The third-order valence-corrected chi connectivity index (χ3v) is 5.25. The standard InChI is InChI=1S/C16H22FNOS/c1-11-4-3-5-15(12(11)2)18-16(19)10-20-14-8-6-13(17)7-9-14/h6-9,11-12,15H,3-5,10H2,1-2H3,(H,18,19)/t11-,12+,15+/m0/s1. The van der Waals surface area contributed by atoms with E-state index >= 15 is 0 Å². The van der Waals surface area contributed by atoms with Crippen molar-refractivity contribution >= 4 is 17.7 Å². The highest BCUT2D eigenvalue weighted by Gasteiger charge is 2.27. The lowest BCUT2D eigenvalue weighted by Gasteiger charge is -2.34. The molecule has 20 heavy (non-hydrogen) atoms. The van der Waals surface area contributed by atoms with Crippen LogP contribution >= 0.6 is 11.8 Å². The van der Waals surface area contributed by atoms with Gasteiger partial charge in [0, 0.05) is 10.9 Å². The molecule has 0 unspecified atom stereocenters. The van der Waals surface area contributed by atoms with Crippen molar-refractivity contribution in [3.05, 3.63) is 30.1 Å². The molecular formula is C16H22FNOS. The molecule has 1 aromatic carbocycles. The fraction of sp³-hybridized carbons (Fsp3) is 0.562. The van der Waals surface area contributed by atoms with Crippen molar-refractivity contribution < 1.29 is 9.18 Å². The summed E-state index contributed by atoms with van der Waals surface area (Å²) in [5, 5.41) is 3.15. The van der Waals surface area contributed by atoms with Crippen LogP contribution in [0.3, 0.4) is 0 Å². The quantitative estimate of drug-likeness (QED) is 0.855. The third-order valence-electron chi connectivity index (χ3n) is 4.24. The lowest BCUT2D eigenvalue weighted by atomic mass is 9.78. The van der Waals surface area contributed by atoms with E-state index in [4.69, 9.17) is 0 Å². The molecule has 1 N–H and O–H groups in total. The van der Waals surface area contributed by atoms with Crippen LogP contribution < -0.4 is 5.32 Å². The summed E-state index contributed by atoms with van der Waals surface area (Å²) in [6.45, 7) is 4.48. The Morgan fingerprint density at radius 2 is 2.00 bits per heavy atom. The largest absolute Gasteiger partial charge is 0.352 e. The summed E-state index contributed by atoms with van der Waals surface area (Å²) in [6, 6.07) is 6.56. The average molecular weight is 295 g/mol. The van der Waals surface area contributed by atoms with Crippen LogP contribution in [0.2, 0.25) is 0 Å². The minimum absolute atomic E-state index is 0.0743. The van der Waals surface area contributed by atoms with Crippen LogP contribution in [-0.4, -0.2) is 17.7 Å². The zero-order chi connectivity index (χ0) is 14.5. The first-order valence-electron chi connectivity index (χ1n) is 7.24. The van der Waals surface area contributed by atoms with Gasteiger partial charge in [0.25, 0.3) is 0 Å². The van der Waals surface area contributed by atoms with E-state index in [9.17, 15) is 9.18 Å². The molecule has 0 radical (unpaired) electrons. The second-order valence-electron chi connectivity index (χ2n) is 5.68. The van der Waals surface area contributed by atoms with Crippen molar-refractivity contribution in [1.29, 1.82) is 0 Å². The Labute approximate surface area is 124 Å². The van der Waals surface area contributed by atoms with E-state index in [0.29, 0.717) is 23.6 Å². The Balaban J connectivity index is 1.79. The molecule has 1 saturated carbocycles. The van der Waals surface area contributed by atoms with Crippen LogP contribution in [0.25, 0.3) is 0 Å². The Morgan fingerprint density at radius 1 is 1.30 bits per heavy atom. The number of thioether (sulfide) groups is 1. The van der Waals surface area contributed by atoms with Gasteiger partial charge in [-0.05, 0) is 42.5 Å². The molecule has 1 aliphatic rings. The molecule has 2 nitrogen and oxygen atoms in total. The van der Waals surface area contributed by atoms with Gasteiger partial charge >= 0.3 is 0 Å². The van der Waals surface area contributed by atoms with Gasteiger partial charge in [-0.1, -0.05) is 26.7 Å². The first-order chi connectivity index (χ1) is 9.56.